The van der Waals surface area contributed by atoms with Gasteiger partial charge in [-0.15, -0.1) is 6.58 Å². The first kappa shape index (κ1) is 40.4. The lowest BCUT2D eigenvalue weighted by Crippen LogP contribution is -2.60. The molecule has 20 heteroatoms. The Morgan fingerprint density at radius 2 is 1.84 bits per heavy atom. The molecule has 4 fully saturated rings. The summed E-state index contributed by atoms with van der Waals surface area (Å²) in [6.07, 6.45) is -2.14. The number of amides is 6. The van der Waals surface area contributed by atoms with Crippen LogP contribution in [-0.4, -0.2) is 114 Å². The quantitative estimate of drug-likeness (QED) is 0.129. The first-order chi connectivity index (χ1) is 26.3. The van der Waals surface area contributed by atoms with Gasteiger partial charge in [-0.2, -0.15) is 0 Å². The number of nitrogens with zero attached hydrogens (tertiary/aromatic N) is 2. The summed E-state index contributed by atoms with van der Waals surface area (Å²) in [5, 5.41) is 6.80. The topological polar surface area (TPSA) is 236 Å². The van der Waals surface area contributed by atoms with Crippen LogP contribution in [0, 0.1) is 11.7 Å². The molecule has 6 atom stereocenters. The highest BCUT2D eigenvalue weighted by Crippen LogP contribution is 2.45. The van der Waals surface area contributed by atoms with Gasteiger partial charge in [0, 0.05) is 43.8 Å². The van der Waals surface area contributed by atoms with E-state index in [1.165, 1.54) is 23.1 Å². The van der Waals surface area contributed by atoms with Gasteiger partial charge in [0.05, 0.1) is 18.3 Å². The third-order valence-corrected chi connectivity index (χ3v) is 12.0. The Morgan fingerprint density at radius 3 is 2.45 bits per heavy atom. The number of hydrogen-bond acceptors (Lipinski definition) is 12. The fraction of sp³-hybridized carbons (Fsp3) is 0.583. The first-order valence-electron chi connectivity index (χ1n) is 18.3. The molecular weight excluding hydrogens is 759 g/mol. The summed E-state index contributed by atoms with van der Waals surface area (Å²) >= 11 is 0. The number of carbonyl (C=O) groups excluding carboxylic acids is 7. The molecule has 2 saturated heterocycles. The van der Waals surface area contributed by atoms with E-state index in [0.29, 0.717) is 24.0 Å². The number of hydrogen-bond donors (Lipinski definition) is 4. The van der Waals surface area contributed by atoms with Crippen molar-refractivity contribution >= 4 is 51.8 Å². The molecular formula is C36H45FN6O12S. The molecule has 1 aromatic carbocycles. The highest BCUT2D eigenvalue weighted by molar-refractivity contribution is 7.91. The molecule has 3 heterocycles. The number of esters is 1. The van der Waals surface area contributed by atoms with Crippen molar-refractivity contribution in [3.05, 3.63) is 47.8 Å². The van der Waals surface area contributed by atoms with Crippen LogP contribution in [0.25, 0.3) is 0 Å². The van der Waals surface area contributed by atoms with Gasteiger partial charge in [-0.05, 0) is 51.7 Å². The van der Waals surface area contributed by atoms with Gasteiger partial charge in [0.25, 0.3) is 11.8 Å². The maximum atomic E-state index is 14.4. The molecule has 18 nitrogen and oxygen atoms in total. The van der Waals surface area contributed by atoms with E-state index < -0.39 is 117 Å². The van der Waals surface area contributed by atoms with Crippen LogP contribution < -0.4 is 20.7 Å². The zero-order chi connectivity index (χ0) is 40.7. The molecule has 1 aromatic rings. The summed E-state index contributed by atoms with van der Waals surface area (Å²) in [6, 6.07) is 1.44. The van der Waals surface area contributed by atoms with E-state index in [-0.39, 0.29) is 38.8 Å². The minimum Gasteiger partial charge on any atom is -0.452 e. The summed E-state index contributed by atoms with van der Waals surface area (Å²) in [5.41, 5.74) is -1.80. The predicted molar refractivity (Wildman–Crippen MR) is 191 cm³/mol. The van der Waals surface area contributed by atoms with Crippen LogP contribution >= 0.6 is 0 Å². The number of halogens is 1. The van der Waals surface area contributed by atoms with Gasteiger partial charge in [0.15, 0.2) is 6.10 Å². The van der Waals surface area contributed by atoms with Crippen molar-refractivity contribution < 1.29 is 60.6 Å². The molecule has 2 aliphatic carbocycles. The number of sulfonamides is 1. The van der Waals surface area contributed by atoms with E-state index in [1.54, 1.807) is 26.8 Å². The third-order valence-electron chi connectivity index (χ3n) is 10.2. The van der Waals surface area contributed by atoms with E-state index >= 15 is 0 Å². The lowest BCUT2D eigenvalue weighted by atomic mass is 10.1. The van der Waals surface area contributed by atoms with Crippen LogP contribution in [0.2, 0.25) is 0 Å². The number of likely N-dealkylation sites (tertiary alicyclic amines) is 1. The molecule has 5 aliphatic rings. The summed E-state index contributed by atoms with van der Waals surface area (Å²) in [7, 11) is -4.00. The Labute approximate surface area is 322 Å². The van der Waals surface area contributed by atoms with Crippen molar-refractivity contribution in [1.82, 2.24) is 30.5 Å². The fourth-order valence-corrected chi connectivity index (χ4v) is 8.36. The SMILES string of the molecule is C=CC1C[C@]1(NC(=O)[C@@H]1CC(OC(=O)N2Cc3cccc(F)c3C2)CN1C(=O)[C@H](CNC(=O)[C@@H]1CCC(=O)O1)NC(=O)OC(C)(C)C)C(=O)NS(=O)(=O)C1CC1. The van der Waals surface area contributed by atoms with Crippen LogP contribution in [0.1, 0.15) is 70.4 Å². The molecule has 0 aromatic heterocycles. The Kier molecular flexibility index (Phi) is 11.1. The van der Waals surface area contributed by atoms with Gasteiger partial charge < -0.3 is 35.1 Å². The lowest BCUT2D eigenvalue weighted by Gasteiger charge is -2.30. The molecule has 2 unspecified atom stereocenters. The van der Waals surface area contributed by atoms with Crippen LogP contribution in [0.15, 0.2) is 30.9 Å². The highest BCUT2D eigenvalue weighted by atomic mass is 32.2. The Bertz CT molecular complexity index is 1950. The van der Waals surface area contributed by atoms with Gasteiger partial charge >= 0.3 is 18.2 Å². The molecule has 3 aliphatic heterocycles. The maximum absolute atomic E-state index is 14.4. The van der Waals surface area contributed by atoms with Gasteiger partial charge in [-0.25, -0.2) is 22.4 Å². The third kappa shape index (κ3) is 8.89. The smallest absolute Gasteiger partial charge is 0.410 e. The summed E-state index contributed by atoms with van der Waals surface area (Å²) in [6.45, 7) is 7.49. The second kappa shape index (κ2) is 15.3. The van der Waals surface area contributed by atoms with E-state index in [0.717, 1.165) is 4.90 Å². The standard InChI is InChI=1S/C36H45FN6O12S/c1-5-20-14-36(20,32(48)41-56(51,52)22-9-10-22)40-29(45)26-13-21(53-34(50)42-16-19-7-6-8-24(37)23(19)18-42)17-43(26)31(47)25(39-33(49)55-35(2,3)4)15-38-30(46)27-11-12-28(44)54-27/h5-8,20-22,25-27H,1,9-18H2,2-4H3,(H,38,46)(H,39,49)(H,40,45)(H,41,48)/t20?,21?,25-,26-,27-,36+/m0/s1. The number of rotatable bonds is 12. The monoisotopic (exact) mass is 804 g/mol. The number of nitrogens with one attached hydrogen (secondary N) is 4. The van der Waals surface area contributed by atoms with Crippen LogP contribution in [0.4, 0.5) is 14.0 Å². The second-order valence-electron chi connectivity index (χ2n) is 15.6. The largest absolute Gasteiger partial charge is 0.452 e. The van der Waals surface area contributed by atoms with Gasteiger partial charge in [0.1, 0.15) is 35.1 Å². The molecule has 6 amide bonds. The van der Waals surface area contributed by atoms with Gasteiger partial charge in [-0.1, -0.05) is 18.2 Å². The minimum atomic E-state index is -4.00. The van der Waals surface area contributed by atoms with Crippen molar-refractivity contribution in [2.24, 2.45) is 5.92 Å². The van der Waals surface area contributed by atoms with E-state index in [4.69, 9.17) is 14.2 Å². The zero-order valence-electron chi connectivity index (χ0n) is 31.1. The Morgan fingerprint density at radius 1 is 1.11 bits per heavy atom. The lowest BCUT2D eigenvalue weighted by molar-refractivity contribution is -0.148. The normalized spacial score (nSPS) is 26.0. The highest BCUT2D eigenvalue weighted by Gasteiger charge is 2.62. The van der Waals surface area contributed by atoms with Crippen LogP contribution in [0.5, 0.6) is 0 Å². The molecule has 4 N–H and O–H groups in total. The average Bonchev–Trinajstić information content (AvgIpc) is 3.94. The number of benzene rings is 1. The van der Waals surface area contributed by atoms with Crippen LogP contribution in [0.3, 0.4) is 0 Å². The van der Waals surface area contributed by atoms with Crippen molar-refractivity contribution in [2.45, 2.75) is 113 Å². The average molecular weight is 805 g/mol. The zero-order valence-corrected chi connectivity index (χ0v) is 31.9. The molecule has 0 bridgehead atoms. The molecule has 56 heavy (non-hydrogen) atoms. The summed E-state index contributed by atoms with van der Waals surface area (Å²) < 4.78 is 57.9. The molecule has 6 rings (SSSR count). The number of alkyl carbamates (subject to hydrolysis) is 1. The van der Waals surface area contributed by atoms with Crippen molar-refractivity contribution in [1.29, 1.82) is 0 Å². The molecule has 304 valence electrons. The van der Waals surface area contributed by atoms with Crippen LogP contribution in [-0.2, 0) is 61.3 Å². The minimum absolute atomic E-state index is 0.0124. The number of cyclic esters (lactones) is 1. The second-order valence-corrected chi connectivity index (χ2v) is 17.6. The van der Waals surface area contributed by atoms with Crippen molar-refractivity contribution in [3.8, 4) is 0 Å². The van der Waals surface area contributed by atoms with Gasteiger partial charge in [-0.3, -0.25) is 33.6 Å². The fourth-order valence-electron chi connectivity index (χ4n) is 7.00. The number of ether oxygens (including phenoxy) is 3. The van der Waals surface area contributed by atoms with Crippen molar-refractivity contribution in [2.75, 3.05) is 13.1 Å². The number of carbonyl (C=O) groups is 7. The van der Waals surface area contributed by atoms with E-state index in [2.05, 4.69) is 27.3 Å². The summed E-state index contributed by atoms with van der Waals surface area (Å²) in [4.78, 5) is 95.1. The van der Waals surface area contributed by atoms with E-state index in [1.807, 2.05) is 0 Å². The van der Waals surface area contributed by atoms with Crippen molar-refractivity contribution in [3.63, 3.8) is 0 Å². The summed E-state index contributed by atoms with van der Waals surface area (Å²) in [5.74, 6) is -5.24. The Balaban J connectivity index is 1.23. The first-order valence-corrected chi connectivity index (χ1v) is 19.8. The van der Waals surface area contributed by atoms with E-state index in [9.17, 15) is 46.4 Å². The predicted octanol–water partition coefficient (Wildman–Crippen LogP) is 0.632. The molecule has 2 saturated carbocycles. The maximum Gasteiger partial charge on any atom is 0.410 e. The Hall–Kier alpha value is -5.27. The molecule has 0 radical (unpaired) electrons. The number of fused-ring (bicyclic) bond motifs is 1. The van der Waals surface area contributed by atoms with Gasteiger partial charge in [0.2, 0.25) is 21.8 Å². The molecule has 0 spiro atoms.